The highest BCUT2D eigenvalue weighted by Gasteiger charge is 2.22. The number of nitrogens with zero attached hydrogens (tertiary/aromatic N) is 1. The van der Waals surface area contributed by atoms with Crippen LogP contribution in [-0.2, 0) is 0 Å². The third-order valence-corrected chi connectivity index (χ3v) is 3.85. The lowest BCUT2D eigenvalue weighted by molar-refractivity contribution is 0.0939. The van der Waals surface area contributed by atoms with E-state index in [1.165, 1.54) is 12.1 Å². The van der Waals surface area contributed by atoms with Gasteiger partial charge < -0.3 is 9.84 Å². The fraction of sp³-hybridized carbons (Fsp3) is 0.158. The molecule has 0 radical (unpaired) electrons. The van der Waals surface area contributed by atoms with Crippen LogP contribution in [0, 0.1) is 12.7 Å². The van der Waals surface area contributed by atoms with Gasteiger partial charge in [-0.25, -0.2) is 4.39 Å². The lowest BCUT2D eigenvalue weighted by atomic mass is 10.0. The number of hydrogen-bond donors (Lipinski definition) is 1. The summed E-state index contributed by atoms with van der Waals surface area (Å²) in [4.78, 5) is 12.7. The second-order valence-electron chi connectivity index (χ2n) is 5.58. The summed E-state index contributed by atoms with van der Waals surface area (Å²) in [5.41, 5.74) is 2.56. The van der Waals surface area contributed by atoms with Crippen LogP contribution in [0.5, 0.6) is 0 Å². The molecule has 0 aliphatic rings. The van der Waals surface area contributed by atoms with Crippen LogP contribution < -0.4 is 5.32 Å². The van der Waals surface area contributed by atoms with Gasteiger partial charge in [0.1, 0.15) is 22.8 Å². The van der Waals surface area contributed by atoms with Gasteiger partial charge in [0.05, 0.1) is 6.04 Å². The van der Waals surface area contributed by atoms with E-state index in [0.717, 1.165) is 11.1 Å². The standard InChI is InChI=1S/C19H17FN2O2/c1-12(14-8-10-16(20)11-9-14)21-19(23)17-13(2)24-22-18(17)15-6-4-3-5-7-15/h3-12H,1-2H3,(H,21,23)/t12-/m0/s1. The van der Waals surface area contributed by atoms with Gasteiger partial charge in [0, 0.05) is 5.56 Å². The molecule has 1 N–H and O–H groups in total. The van der Waals surface area contributed by atoms with Crippen molar-refractivity contribution in [2.45, 2.75) is 19.9 Å². The number of aryl methyl sites for hydroxylation is 1. The van der Waals surface area contributed by atoms with E-state index in [-0.39, 0.29) is 17.8 Å². The summed E-state index contributed by atoms with van der Waals surface area (Å²) in [6, 6.07) is 15.2. The van der Waals surface area contributed by atoms with Gasteiger partial charge in [-0.15, -0.1) is 0 Å². The van der Waals surface area contributed by atoms with Gasteiger partial charge in [-0.05, 0) is 31.5 Å². The van der Waals surface area contributed by atoms with Crippen LogP contribution in [0.1, 0.15) is 34.6 Å². The lowest BCUT2D eigenvalue weighted by Crippen LogP contribution is -2.27. The smallest absolute Gasteiger partial charge is 0.257 e. The molecule has 122 valence electrons. The maximum absolute atomic E-state index is 13.0. The second kappa shape index (κ2) is 6.66. The highest BCUT2D eigenvalue weighted by atomic mass is 19.1. The van der Waals surface area contributed by atoms with Crippen molar-refractivity contribution in [3.63, 3.8) is 0 Å². The largest absolute Gasteiger partial charge is 0.360 e. The van der Waals surface area contributed by atoms with Crippen LogP contribution in [0.2, 0.25) is 0 Å². The summed E-state index contributed by atoms with van der Waals surface area (Å²) in [6.07, 6.45) is 0. The van der Waals surface area contributed by atoms with Crippen molar-refractivity contribution in [1.82, 2.24) is 10.5 Å². The zero-order valence-corrected chi connectivity index (χ0v) is 13.4. The molecule has 0 aliphatic heterocycles. The Hall–Kier alpha value is -2.95. The number of aromatic nitrogens is 1. The van der Waals surface area contributed by atoms with Crippen LogP contribution in [0.25, 0.3) is 11.3 Å². The summed E-state index contributed by atoms with van der Waals surface area (Å²) in [5.74, 6) is -0.124. The molecule has 0 aliphatic carbocycles. The van der Waals surface area contributed by atoms with Crippen LogP contribution in [0.3, 0.4) is 0 Å². The minimum atomic E-state index is -0.307. The van der Waals surface area contributed by atoms with E-state index >= 15 is 0 Å². The Morgan fingerprint density at radius 3 is 2.46 bits per heavy atom. The minimum Gasteiger partial charge on any atom is -0.360 e. The highest BCUT2D eigenvalue weighted by molar-refractivity contribution is 6.00. The fourth-order valence-corrected chi connectivity index (χ4v) is 2.54. The molecule has 0 saturated carbocycles. The van der Waals surface area contributed by atoms with Crippen molar-refractivity contribution < 1.29 is 13.7 Å². The van der Waals surface area contributed by atoms with E-state index in [1.807, 2.05) is 37.3 Å². The first-order valence-corrected chi connectivity index (χ1v) is 7.64. The number of halogens is 1. The molecule has 1 aromatic heterocycles. The normalized spacial score (nSPS) is 12.0. The van der Waals surface area contributed by atoms with Crippen LogP contribution in [0.15, 0.2) is 59.1 Å². The first-order valence-electron chi connectivity index (χ1n) is 7.64. The topological polar surface area (TPSA) is 55.1 Å². The Bertz CT molecular complexity index is 842. The van der Waals surface area contributed by atoms with Gasteiger partial charge in [0.2, 0.25) is 0 Å². The Morgan fingerprint density at radius 2 is 1.79 bits per heavy atom. The monoisotopic (exact) mass is 324 g/mol. The van der Waals surface area contributed by atoms with E-state index in [4.69, 9.17) is 4.52 Å². The maximum atomic E-state index is 13.0. The number of carbonyl (C=O) groups is 1. The third-order valence-electron chi connectivity index (χ3n) is 3.85. The molecule has 3 rings (SSSR count). The van der Waals surface area contributed by atoms with Gasteiger partial charge in [0.25, 0.3) is 5.91 Å². The van der Waals surface area contributed by atoms with E-state index < -0.39 is 0 Å². The minimum absolute atomic E-state index is 0.268. The molecule has 3 aromatic rings. The molecule has 1 atom stereocenters. The van der Waals surface area contributed by atoms with Gasteiger partial charge in [-0.3, -0.25) is 4.79 Å². The van der Waals surface area contributed by atoms with Gasteiger partial charge in [0.15, 0.2) is 0 Å². The molecule has 2 aromatic carbocycles. The van der Waals surface area contributed by atoms with E-state index in [9.17, 15) is 9.18 Å². The van der Waals surface area contributed by atoms with Crippen LogP contribution in [-0.4, -0.2) is 11.1 Å². The molecule has 4 nitrogen and oxygen atoms in total. The zero-order valence-electron chi connectivity index (χ0n) is 13.4. The molecule has 0 spiro atoms. The van der Waals surface area contributed by atoms with Crippen molar-refractivity contribution in [3.8, 4) is 11.3 Å². The average molecular weight is 324 g/mol. The lowest BCUT2D eigenvalue weighted by Gasteiger charge is -2.14. The zero-order chi connectivity index (χ0) is 17.1. The molecule has 0 bridgehead atoms. The predicted molar refractivity (Wildman–Crippen MR) is 89.0 cm³/mol. The fourth-order valence-electron chi connectivity index (χ4n) is 2.54. The van der Waals surface area contributed by atoms with Crippen molar-refractivity contribution in [2.24, 2.45) is 0 Å². The molecule has 5 heteroatoms. The second-order valence-corrected chi connectivity index (χ2v) is 5.58. The molecule has 1 amide bonds. The van der Waals surface area contributed by atoms with Gasteiger partial charge in [-0.2, -0.15) is 0 Å². The number of amides is 1. The van der Waals surface area contributed by atoms with Crippen molar-refractivity contribution in [2.75, 3.05) is 0 Å². The number of rotatable bonds is 4. The van der Waals surface area contributed by atoms with E-state index in [1.54, 1.807) is 19.1 Å². The van der Waals surface area contributed by atoms with Gasteiger partial charge in [-0.1, -0.05) is 47.6 Å². The highest BCUT2D eigenvalue weighted by Crippen LogP contribution is 2.25. The van der Waals surface area contributed by atoms with Gasteiger partial charge >= 0.3 is 0 Å². The average Bonchev–Trinajstić information content (AvgIpc) is 2.98. The first-order chi connectivity index (χ1) is 11.6. The predicted octanol–water partition coefficient (Wildman–Crippen LogP) is 4.28. The SMILES string of the molecule is Cc1onc(-c2ccccc2)c1C(=O)N[C@@H](C)c1ccc(F)cc1. The molecule has 1 heterocycles. The van der Waals surface area contributed by atoms with Crippen molar-refractivity contribution in [3.05, 3.63) is 77.3 Å². The number of carbonyl (C=O) groups excluding carboxylic acids is 1. The summed E-state index contributed by atoms with van der Waals surface area (Å²) < 4.78 is 18.2. The number of nitrogens with one attached hydrogen (secondary N) is 1. The molecule has 0 saturated heterocycles. The summed E-state index contributed by atoms with van der Waals surface area (Å²) in [5, 5.41) is 6.92. The van der Waals surface area contributed by atoms with Crippen LogP contribution in [0.4, 0.5) is 4.39 Å². The molecule has 24 heavy (non-hydrogen) atoms. The van der Waals surface area contributed by atoms with Crippen molar-refractivity contribution >= 4 is 5.91 Å². The molecule has 0 fully saturated rings. The molecule has 0 unspecified atom stereocenters. The summed E-state index contributed by atoms with van der Waals surface area (Å²) >= 11 is 0. The number of hydrogen-bond acceptors (Lipinski definition) is 3. The van der Waals surface area contributed by atoms with E-state index in [2.05, 4.69) is 10.5 Å². The molecular weight excluding hydrogens is 307 g/mol. The first kappa shape index (κ1) is 15.9. The Labute approximate surface area is 139 Å². The molecular formula is C19H17FN2O2. The van der Waals surface area contributed by atoms with E-state index in [0.29, 0.717) is 17.0 Å². The summed E-state index contributed by atoms with van der Waals surface area (Å²) in [6.45, 7) is 3.55. The summed E-state index contributed by atoms with van der Waals surface area (Å²) in [7, 11) is 0. The Morgan fingerprint density at radius 1 is 1.12 bits per heavy atom. The van der Waals surface area contributed by atoms with Crippen LogP contribution >= 0.6 is 0 Å². The maximum Gasteiger partial charge on any atom is 0.257 e. The van der Waals surface area contributed by atoms with Crippen molar-refractivity contribution in [1.29, 1.82) is 0 Å². The Balaban J connectivity index is 1.85. The quantitative estimate of drug-likeness (QED) is 0.779. The Kier molecular flexibility index (Phi) is 4.42. The number of benzene rings is 2. The third kappa shape index (κ3) is 3.20.